The highest BCUT2D eigenvalue weighted by molar-refractivity contribution is 5.58. The predicted octanol–water partition coefficient (Wildman–Crippen LogP) is 3.22. The smallest absolute Gasteiger partial charge is 0.311 e. The molecule has 0 spiro atoms. The molecule has 1 aromatic carbocycles. The van der Waals surface area contributed by atoms with Gasteiger partial charge in [0.1, 0.15) is 0 Å². The molecule has 0 aromatic heterocycles. The van der Waals surface area contributed by atoms with Crippen molar-refractivity contribution >= 4 is 11.4 Å². The number of nitrogens with zero attached hydrogens (tertiary/aromatic N) is 1. The molecule has 0 heterocycles. The monoisotopic (exact) mass is 282 g/mol. The zero-order chi connectivity index (χ0) is 15.0. The second kappa shape index (κ2) is 8.37. The van der Waals surface area contributed by atoms with Crippen LogP contribution in [-0.4, -0.2) is 30.8 Å². The Morgan fingerprint density at radius 1 is 1.40 bits per heavy atom. The molecule has 0 saturated carbocycles. The zero-order valence-electron chi connectivity index (χ0n) is 12.2. The molecule has 0 fully saturated rings. The Balaban J connectivity index is 2.75. The lowest BCUT2D eigenvalue weighted by Crippen LogP contribution is -2.19. The number of rotatable bonds is 9. The van der Waals surface area contributed by atoms with E-state index in [1.165, 1.54) is 6.07 Å². The summed E-state index contributed by atoms with van der Waals surface area (Å²) in [4.78, 5) is 10.5. The van der Waals surface area contributed by atoms with Gasteiger partial charge < -0.3 is 14.8 Å². The fourth-order valence-corrected chi connectivity index (χ4v) is 1.71. The summed E-state index contributed by atoms with van der Waals surface area (Å²) in [6.07, 6.45) is 0.881. The zero-order valence-corrected chi connectivity index (χ0v) is 12.2. The number of ether oxygens (including phenoxy) is 2. The molecule has 0 aliphatic heterocycles. The van der Waals surface area contributed by atoms with Crippen LogP contribution in [0.2, 0.25) is 0 Å². The second-order valence-corrected chi connectivity index (χ2v) is 4.43. The number of benzene rings is 1. The van der Waals surface area contributed by atoms with Crippen molar-refractivity contribution in [3.05, 3.63) is 28.3 Å². The quantitative estimate of drug-likeness (QED) is 0.556. The van der Waals surface area contributed by atoms with Gasteiger partial charge in [0.05, 0.1) is 17.6 Å². The molecule has 0 bridgehead atoms. The molecule has 20 heavy (non-hydrogen) atoms. The van der Waals surface area contributed by atoms with Crippen LogP contribution in [0.5, 0.6) is 5.75 Å². The van der Waals surface area contributed by atoms with Crippen molar-refractivity contribution in [2.45, 2.75) is 33.3 Å². The molecule has 0 radical (unpaired) electrons. The van der Waals surface area contributed by atoms with Crippen molar-refractivity contribution in [3.63, 3.8) is 0 Å². The van der Waals surface area contributed by atoms with E-state index in [4.69, 9.17) is 9.47 Å². The first kappa shape index (κ1) is 16.2. The van der Waals surface area contributed by atoms with E-state index in [1.807, 2.05) is 20.8 Å². The van der Waals surface area contributed by atoms with Gasteiger partial charge in [0.15, 0.2) is 5.75 Å². The number of hydrogen-bond donors (Lipinski definition) is 1. The summed E-state index contributed by atoms with van der Waals surface area (Å²) < 4.78 is 10.8. The van der Waals surface area contributed by atoms with Crippen molar-refractivity contribution < 1.29 is 14.4 Å². The van der Waals surface area contributed by atoms with Gasteiger partial charge in [-0.25, -0.2) is 0 Å². The van der Waals surface area contributed by atoms with Gasteiger partial charge in [0.25, 0.3) is 0 Å². The lowest BCUT2D eigenvalue weighted by atomic mass is 10.2. The largest absolute Gasteiger partial charge is 0.487 e. The standard InChI is InChI=1S/C14H22N2O4/c1-4-8-20-14-9-12(6-7-13(14)16(17)18)15-10-11(3)19-5-2/h6-7,9,11,15H,4-5,8,10H2,1-3H3. The van der Waals surface area contributed by atoms with Crippen molar-refractivity contribution in [1.82, 2.24) is 0 Å². The maximum atomic E-state index is 10.9. The summed E-state index contributed by atoms with van der Waals surface area (Å²) >= 11 is 0. The van der Waals surface area contributed by atoms with Crippen LogP contribution in [0, 0.1) is 10.1 Å². The number of hydrogen-bond acceptors (Lipinski definition) is 5. The molecule has 0 aliphatic carbocycles. The summed E-state index contributed by atoms with van der Waals surface area (Å²) in [7, 11) is 0. The van der Waals surface area contributed by atoms with E-state index >= 15 is 0 Å². The minimum Gasteiger partial charge on any atom is -0.487 e. The maximum Gasteiger partial charge on any atom is 0.311 e. The molecular formula is C14H22N2O4. The molecule has 0 saturated heterocycles. The summed E-state index contributed by atoms with van der Waals surface area (Å²) in [5.74, 6) is 0.297. The first-order chi connectivity index (χ1) is 9.58. The van der Waals surface area contributed by atoms with Gasteiger partial charge in [-0.05, 0) is 26.3 Å². The molecule has 1 atom stereocenters. The minimum absolute atomic E-state index is 0.0122. The normalized spacial score (nSPS) is 11.9. The summed E-state index contributed by atoms with van der Waals surface area (Å²) in [5.41, 5.74) is 0.773. The van der Waals surface area contributed by atoms with Crippen LogP contribution in [0.1, 0.15) is 27.2 Å². The highest BCUT2D eigenvalue weighted by Gasteiger charge is 2.15. The van der Waals surface area contributed by atoms with E-state index in [0.717, 1.165) is 12.1 Å². The van der Waals surface area contributed by atoms with Crippen LogP contribution in [0.25, 0.3) is 0 Å². The maximum absolute atomic E-state index is 10.9. The number of nitro groups is 1. The van der Waals surface area contributed by atoms with Gasteiger partial charge in [0, 0.05) is 31.0 Å². The Kier molecular flexibility index (Phi) is 6.79. The van der Waals surface area contributed by atoms with Crippen molar-refractivity contribution in [2.75, 3.05) is 25.1 Å². The molecular weight excluding hydrogens is 260 g/mol. The molecule has 1 unspecified atom stereocenters. The molecule has 6 nitrogen and oxygen atoms in total. The average Bonchev–Trinajstić information content (AvgIpc) is 2.43. The van der Waals surface area contributed by atoms with E-state index < -0.39 is 4.92 Å². The van der Waals surface area contributed by atoms with Crippen molar-refractivity contribution in [2.24, 2.45) is 0 Å². The Hall–Kier alpha value is -1.82. The fraction of sp³-hybridized carbons (Fsp3) is 0.571. The van der Waals surface area contributed by atoms with Crippen LogP contribution in [0.4, 0.5) is 11.4 Å². The van der Waals surface area contributed by atoms with Gasteiger partial charge >= 0.3 is 5.69 Å². The first-order valence-electron chi connectivity index (χ1n) is 6.85. The average molecular weight is 282 g/mol. The number of nitrogens with one attached hydrogen (secondary N) is 1. The van der Waals surface area contributed by atoms with Gasteiger partial charge in [0.2, 0.25) is 0 Å². The van der Waals surface area contributed by atoms with Crippen LogP contribution in [0.15, 0.2) is 18.2 Å². The van der Waals surface area contributed by atoms with Crippen molar-refractivity contribution in [1.29, 1.82) is 0 Å². The van der Waals surface area contributed by atoms with Crippen LogP contribution in [0.3, 0.4) is 0 Å². The molecule has 0 amide bonds. The lowest BCUT2D eigenvalue weighted by molar-refractivity contribution is -0.385. The summed E-state index contributed by atoms with van der Waals surface area (Å²) in [6, 6.07) is 4.79. The van der Waals surface area contributed by atoms with E-state index in [2.05, 4.69) is 5.32 Å². The summed E-state index contributed by atoms with van der Waals surface area (Å²) in [5, 5.41) is 14.1. The predicted molar refractivity (Wildman–Crippen MR) is 78.5 cm³/mol. The van der Waals surface area contributed by atoms with E-state index in [-0.39, 0.29) is 11.8 Å². The van der Waals surface area contributed by atoms with E-state index in [1.54, 1.807) is 12.1 Å². The minimum atomic E-state index is -0.433. The third-order valence-corrected chi connectivity index (χ3v) is 2.66. The van der Waals surface area contributed by atoms with Gasteiger partial charge in [-0.15, -0.1) is 0 Å². The molecule has 6 heteroatoms. The molecule has 1 aromatic rings. The second-order valence-electron chi connectivity index (χ2n) is 4.43. The fourth-order valence-electron chi connectivity index (χ4n) is 1.71. The third-order valence-electron chi connectivity index (χ3n) is 2.66. The topological polar surface area (TPSA) is 73.6 Å². The molecule has 1 N–H and O–H groups in total. The lowest BCUT2D eigenvalue weighted by Gasteiger charge is -2.14. The SMILES string of the molecule is CCCOc1cc(NCC(C)OCC)ccc1[N+](=O)[O-]. The van der Waals surface area contributed by atoms with Crippen LogP contribution < -0.4 is 10.1 Å². The first-order valence-corrected chi connectivity index (χ1v) is 6.85. The summed E-state index contributed by atoms with van der Waals surface area (Å²) in [6.45, 7) is 7.62. The van der Waals surface area contributed by atoms with Gasteiger partial charge in [-0.3, -0.25) is 10.1 Å². The highest BCUT2D eigenvalue weighted by Crippen LogP contribution is 2.30. The van der Waals surface area contributed by atoms with Gasteiger partial charge in [-0.1, -0.05) is 6.92 Å². The Labute approximate surface area is 119 Å². The Morgan fingerprint density at radius 3 is 2.75 bits per heavy atom. The van der Waals surface area contributed by atoms with Crippen LogP contribution in [-0.2, 0) is 4.74 Å². The van der Waals surface area contributed by atoms with Crippen LogP contribution >= 0.6 is 0 Å². The van der Waals surface area contributed by atoms with Crippen molar-refractivity contribution in [3.8, 4) is 5.75 Å². The molecule has 1 rings (SSSR count). The van der Waals surface area contributed by atoms with E-state index in [0.29, 0.717) is 25.5 Å². The molecule has 112 valence electrons. The van der Waals surface area contributed by atoms with E-state index in [9.17, 15) is 10.1 Å². The Bertz CT molecular complexity index is 437. The van der Waals surface area contributed by atoms with Gasteiger partial charge in [-0.2, -0.15) is 0 Å². The Morgan fingerprint density at radius 2 is 2.15 bits per heavy atom. The highest BCUT2D eigenvalue weighted by atomic mass is 16.6. The third kappa shape index (κ3) is 5.05. The number of anilines is 1. The molecule has 0 aliphatic rings. The number of nitro benzene ring substituents is 1.